The molecule has 8 nitrogen and oxygen atoms in total. The van der Waals surface area contributed by atoms with Gasteiger partial charge < -0.3 is 24.4 Å². The van der Waals surface area contributed by atoms with Crippen molar-refractivity contribution in [3.63, 3.8) is 0 Å². The first-order valence-electron chi connectivity index (χ1n) is 11.8. The van der Waals surface area contributed by atoms with Gasteiger partial charge in [-0.2, -0.15) is 0 Å². The van der Waals surface area contributed by atoms with Crippen molar-refractivity contribution in [2.24, 2.45) is 11.8 Å². The molecule has 3 aliphatic heterocycles. The molecule has 5 atom stereocenters. The van der Waals surface area contributed by atoms with Crippen LogP contribution in [0.25, 0.3) is 0 Å². The van der Waals surface area contributed by atoms with Crippen LogP contribution in [0.15, 0.2) is 36.9 Å². The Labute approximate surface area is 204 Å². The molecule has 9 heteroatoms. The van der Waals surface area contributed by atoms with Crippen LogP contribution < -0.4 is 4.90 Å². The number of carbonyl (C=O) groups is 3. The molecule has 0 saturated carbocycles. The number of aliphatic hydroxyl groups excluding tert-OH is 1. The Kier molecular flexibility index (Phi) is 7.31. The minimum atomic E-state index is -1.10. The van der Waals surface area contributed by atoms with Crippen LogP contribution in [-0.2, 0) is 23.9 Å². The van der Waals surface area contributed by atoms with Crippen LogP contribution in [0.4, 0.5) is 5.69 Å². The maximum absolute atomic E-state index is 14.2. The van der Waals surface area contributed by atoms with Gasteiger partial charge in [0.15, 0.2) is 0 Å². The van der Waals surface area contributed by atoms with Crippen molar-refractivity contribution in [2.45, 2.75) is 50.4 Å². The molecule has 34 heavy (non-hydrogen) atoms. The number of fused-ring (bicyclic) bond motifs is 1. The molecule has 3 heterocycles. The Hall–Kier alpha value is -2.42. The molecule has 2 bridgehead atoms. The highest BCUT2D eigenvalue weighted by atomic mass is 35.5. The van der Waals surface area contributed by atoms with Gasteiger partial charge in [0.1, 0.15) is 11.6 Å². The summed E-state index contributed by atoms with van der Waals surface area (Å²) in [4.78, 5) is 43.8. The number of rotatable bonds is 10. The first-order valence-corrected chi connectivity index (χ1v) is 12.2. The largest absolute Gasteiger partial charge is 0.466 e. The monoisotopic (exact) mass is 490 g/mol. The molecule has 1 N–H and O–H groups in total. The van der Waals surface area contributed by atoms with Gasteiger partial charge in [-0.25, -0.2) is 0 Å². The zero-order valence-corrected chi connectivity index (χ0v) is 20.1. The number of amides is 2. The van der Waals surface area contributed by atoms with E-state index in [1.54, 1.807) is 42.2 Å². The Morgan fingerprint density at radius 3 is 2.82 bits per heavy atom. The summed E-state index contributed by atoms with van der Waals surface area (Å²) in [6.07, 6.45) is 3.26. The van der Waals surface area contributed by atoms with E-state index in [1.807, 2.05) is 0 Å². The first kappa shape index (κ1) is 24.7. The normalized spacial score (nSPS) is 29.3. The van der Waals surface area contributed by atoms with Crippen molar-refractivity contribution in [1.29, 1.82) is 0 Å². The van der Waals surface area contributed by atoms with Crippen LogP contribution >= 0.6 is 11.6 Å². The van der Waals surface area contributed by atoms with E-state index in [-0.39, 0.29) is 38.1 Å². The van der Waals surface area contributed by atoms with Gasteiger partial charge in [0.05, 0.1) is 35.3 Å². The molecule has 1 aromatic rings. The SMILES string of the molecule is C=CCN(C(=O)[C@@H]1N(CCCCO)C(=O)[C@H]2[C@H](C(=O)OCC)[C@@H]3CC[C@]12O3)c1ccccc1Cl. The lowest BCUT2D eigenvalue weighted by molar-refractivity contribution is -0.154. The molecule has 3 fully saturated rings. The molecule has 0 radical (unpaired) electrons. The van der Waals surface area contributed by atoms with Crippen LogP contribution in [0.1, 0.15) is 32.6 Å². The lowest BCUT2D eigenvalue weighted by Crippen LogP contribution is -2.56. The minimum Gasteiger partial charge on any atom is -0.466 e. The van der Waals surface area contributed by atoms with Gasteiger partial charge in [0, 0.05) is 19.7 Å². The second-order valence-electron chi connectivity index (χ2n) is 8.96. The number of esters is 1. The second-order valence-corrected chi connectivity index (χ2v) is 9.37. The van der Waals surface area contributed by atoms with E-state index in [1.165, 1.54) is 4.90 Å². The van der Waals surface area contributed by atoms with Crippen molar-refractivity contribution in [2.75, 3.05) is 31.2 Å². The number of unbranched alkanes of at least 4 members (excludes halogenated alkanes) is 1. The number of likely N-dealkylation sites (tertiary alicyclic amines) is 1. The van der Waals surface area contributed by atoms with Gasteiger partial charge in [0.2, 0.25) is 5.91 Å². The van der Waals surface area contributed by atoms with E-state index in [0.717, 1.165) is 0 Å². The summed E-state index contributed by atoms with van der Waals surface area (Å²) in [7, 11) is 0. The van der Waals surface area contributed by atoms with Gasteiger partial charge in [-0.15, -0.1) is 6.58 Å². The summed E-state index contributed by atoms with van der Waals surface area (Å²) in [6, 6.07) is 6.11. The molecule has 1 spiro atoms. The van der Waals surface area contributed by atoms with Gasteiger partial charge in [0.25, 0.3) is 5.91 Å². The zero-order valence-electron chi connectivity index (χ0n) is 19.3. The van der Waals surface area contributed by atoms with Gasteiger partial charge in [-0.3, -0.25) is 14.4 Å². The fourth-order valence-electron chi connectivity index (χ4n) is 5.83. The highest BCUT2D eigenvalue weighted by molar-refractivity contribution is 6.34. The molecule has 1 aromatic carbocycles. The van der Waals surface area contributed by atoms with Crippen LogP contribution in [0.5, 0.6) is 0 Å². The molecular weight excluding hydrogens is 460 g/mol. The van der Waals surface area contributed by atoms with Gasteiger partial charge >= 0.3 is 5.97 Å². The van der Waals surface area contributed by atoms with E-state index in [2.05, 4.69) is 6.58 Å². The molecule has 0 aromatic heterocycles. The quantitative estimate of drug-likeness (QED) is 0.307. The number of hydrogen-bond donors (Lipinski definition) is 1. The van der Waals surface area contributed by atoms with Crippen LogP contribution in [0.3, 0.4) is 0 Å². The number of hydrogen-bond acceptors (Lipinski definition) is 6. The van der Waals surface area contributed by atoms with E-state index in [4.69, 9.17) is 21.1 Å². The minimum absolute atomic E-state index is 0.0124. The Morgan fingerprint density at radius 1 is 1.38 bits per heavy atom. The fraction of sp³-hybridized carbons (Fsp3) is 0.560. The topological polar surface area (TPSA) is 96.4 Å². The third-order valence-corrected chi connectivity index (χ3v) is 7.44. The molecule has 184 valence electrons. The fourth-order valence-corrected chi connectivity index (χ4v) is 6.07. The molecule has 0 unspecified atom stereocenters. The zero-order chi connectivity index (χ0) is 24.5. The van der Waals surface area contributed by atoms with E-state index < -0.39 is 35.6 Å². The molecule has 3 aliphatic rings. The third kappa shape index (κ3) is 3.91. The number of nitrogens with zero attached hydrogens (tertiary/aromatic N) is 2. The summed E-state index contributed by atoms with van der Waals surface area (Å²) >= 11 is 6.43. The first-order chi connectivity index (χ1) is 16.4. The number of carbonyl (C=O) groups excluding carboxylic acids is 3. The van der Waals surface area contributed by atoms with Crippen molar-refractivity contribution in [3.05, 3.63) is 41.9 Å². The van der Waals surface area contributed by atoms with Gasteiger partial charge in [-0.1, -0.05) is 29.8 Å². The molecular formula is C25H31ClN2O6. The van der Waals surface area contributed by atoms with Crippen LogP contribution in [0, 0.1) is 11.8 Å². The molecule has 4 rings (SSSR count). The smallest absolute Gasteiger partial charge is 0.312 e. The predicted octanol–water partition coefficient (Wildman–Crippen LogP) is 2.57. The summed E-state index contributed by atoms with van der Waals surface area (Å²) < 4.78 is 11.7. The second kappa shape index (κ2) is 10.1. The van der Waals surface area contributed by atoms with Crippen molar-refractivity contribution >= 4 is 35.1 Å². The third-order valence-electron chi connectivity index (χ3n) is 7.12. The number of benzene rings is 1. The standard InChI is InChI=1S/C25H31ClN2O6/c1-3-13-27(17-10-6-5-9-16(17)26)23(31)21-25-12-11-18(34-25)19(24(32)33-4-2)20(25)22(30)28(21)14-7-8-15-29/h3,5-6,9-10,18-21,29H,1,4,7-8,11-15H2,2H3/t18-,19+,20+,21-,25+/m0/s1. The molecule has 3 saturated heterocycles. The number of ether oxygens (including phenoxy) is 2. The number of aliphatic hydroxyl groups is 1. The Balaban J connectivity index is 1.76. The van der Waals surface area contributed by atoms with E-state index in [9.17, 15) is 19.5 Å². The summed E-state index contributed by atoms with van der Waals surface area (Å²) in [5, 5.41) is 9.67. The van der Waals surface area contributed by atoms with Gasteiger partial charge in [-0.05, 0) is 44.7 Å². The van der Waals surface area contributed by atoms with Crippen molar-refractivity contribution in [3.8, 4) is 0 Å². The highest BCUT2D eigenvalue weighted by Crippen LogP contribution is 2.59. The lowest BCUT2D eigenvalue weighted by atomic mass is 9.70. The summed E-state index contributed by atoms with van der Waals surface area (Å²) in [5.41, 5.74) is -0.581. The van der Waals surface area contributed by atoms with E-state index >= 15 is 0 Å². The summed E-state index contributed by atoms with van der Waals surface area (Å²) in [6.45, 7) is 6.19. The average molecular weight is 491 g/mol. The van der Waals surface area contributed by atoms with Crippen LogP contribution in [0.2, 0.25) is 5.02 Å². The van der Waals surface area contributed by atoms with Crippen molar-refractivity contribution in [1.82, 2.24) is 4.90 Å². The maximum Gasteiger partial charge on any atom is 0.312 e. The van der Waals surface area contributed by atoms with E-state index in [0.29, 0.717) is 36.4 Å². The number of halogens is 1. The molecule has 2 amide bonds. The molecule has 0 aliphatic carbocycles. The predicted molar refractivity (Wildman–Crippen MR) is 126 cm³/mol. The lowest BCUT2D eigenvalue weighted by Gasteiger charge is -2.37. The average Bonchev–Trinajstić information content (AvgIpc) is 3.46. The maximum atomic E-state index is 14.2. The highest BCUT2D eigenvalue weighted by Gasteiger charge is 2.75. The number of anilines is 1. The van der Waals surface area contributed by atoms with Crippen molar-refractivity contribution < 1.29 is 29.0 Å². The Bertz CT molecular complexity index is 970. The summed E-state index contributed by atoms with van der Waals surface area (Å²) in [5.74, 6) is -2.55. The number of para-hydroxylation sites is 1. The van der Waals surface area contributed by atoms with Crippen LogP contribution in [-0.4, -0.2) is 71.8 Å². The Morgan fingerprint density at radius 2 is 2.15 bits per heavy atom.